The summed E-state index contributed by atoms with van der Waals surface area (Å²) in [7, 11) is 0. The molecular weight excluding hydrogens is 348 g/mol. The topological polar surface area (TPSA) is 33.2 Å². The van der Waals surface area contributed by atoms with Crippen LogP contribution in [0, 0.1) is 6.92 Å². The van der Waals surface area contributed by atoms with Crippen molar-refractivity contribution in [3.63, 3.8) is 0 Å². The van der Waals surface area contributed by atoms with Gasteiger partial charge in [0.05, 0.1) is 15.2 Å². The SMILES string of the molecule is Cc1ccc(/C=C/C(=O)N2CCC(c3nc4ccccc4s3)CC2)s1. The van der Waals surface area contributed by atoms with E-state index in [1.165, 1.54) is 14.6 Å². The molecule has 0 N–H and O–H groups in total. The van der Waals surface area contributed by atoms with Gasteiger partial charge in [-0.25, -0.2) is 4.98 Å². The van der Waals surface area contributed by atoms with Gasteiger partial charge in [-0.15, -0.1) is 22.7 Å². The number of carbonyl (C=O) groups is 1. The number of piperidine rings is 1. The van der Waals surface area contributed by atoms with Gasteiger partial charge in [0.15, 0.2) is 0 Å². The highest BCUT2D eigenvalue weighted by Crippen LogP contribution is 2.33. The van der Waals surface area contributed by atoms with Crippen LogP contribution in [0.4, 0.5) is 0 Å². The maximum absolute atomic E-state index is 12.4. The van der Waals surface area contributed by atoms with Gasteiger partial charge in [0, 0.05) is 34.8 Å². The van der Waals surface area contributed by atoms with Gasteiger partial charge in [-0.3, -0.25) is 4.79 Å². The van der Waals surface area contributed by atoms with Gasteiger partial charge < -0.3 is 4.90 Å². The number of aromatic nitrogens is 1. The molecule has 1 amide bonds. The van der Waals surface area contributed by atoms with Crippen molar-refractivity contribution in [1.82, 2.24) is 9.88 Å². The first kappa shape index (κ1) is 16.5. The summed E-state index contributed by atoms with van der Waals surface area (Å²) in [5.41, 5.74) is 1.09. The third-order valence-corrected chi connectivity index (χ3v) is 6.78. The predicted molar refractivity (Wildman–Crippen MR) is 106 cm³/mol. The van der Waals surface area contributed by atoms with Crippen molar-refractivity contribution in [2.75, 3.05) is 13.1 Å². The van der Waals surface area contributed by atoms with Crippen LogP contribution in [0.5, 0.6) is 0 Å². The van der Waals surface area contributed by atoms with Gasteiger partial charge in [-0.2, -0.15) is 0 Å². The van der Waals surface area contributed by atoms with Crippen LogP contribution < -0.4 is 0 Å². The number of hydrogen-bond donors (Lipinski definition) is 0. The minimum Gasteiger partial charge on any atom is -0.339 e. The molecule has 1 saturated heterocycles. The maximum atomic E-state index is 12.4. The lowest BCUT2D eigenvalue weighted by atomic mass is 9.97. The molecular formula is C20H20N2OS2. The molecule has 1 aliphatic rings. The highest BCUT2D eigenvalue weighted by molar-refractivity contribution is 7.18. The first-order chi connectivity index (χ1) is 12.2. The molecule has 1 aliphatic heterocycles. The summed E-state index contributed by atoms with van der Waals surface area (Å²) in [6.07, 6.45) is 5.64. The first-order valence-electron chi connectivity index (χ1n) is 8.58. The molecule has 128 valence electrons. The molecule has 0 unspecified atom stereocenters. The van der Waals surface area contributed by atoms with E-state index in [2.05, 4.69) is 37.3 Å². The van der Waals surface area contributed by atoms with Crippen LogP contribution in [0.15, 0.2) is 42.5 Å². The summed E-state index contributed by atoms with van der Waals surface area (Å²) >= 11 is 3.51. The normalized spacial score (nSPS) is 16.1. The summed E-state index contributed by atoms with van der Waals surface area (Å²) in [4.78, 5) is 21.5. The van der Waals surface area contributed by atoms with Crippen LogP contribution in [0.3, 0.4) is 0 Å². The minimum atomic E-state index is 0.119. The predicted octanol–water partition coefficient (Wildman–Crippen LogP) is 5.09. The smallest absolute Gasteiger partial charge is 0.246 e. The van der Waals surface area contributed by atoms with E-state index in [4.69, 9.17) is 4.98 Å². The highest BCUT2D eigenvalue weighted by Gasteiger charge is 2.25. The fourth-order valence-electron chi connectivity index (χ4n) is 3.21. The number of hydrogen-bond acceptors (Lipinski definition) is 4. The molecule has 4 rings (SSSR count). The molecule has 1 fully saturated rings. The molecule has 5 heteroatoms. The fourth-order valence-corrected chi connectivity index (χ4v) is 5.13. The second kappa shape index (κ2) is 7.10. The number of thiophene rings is 1. The Morgan fingerprint density at radius 1 is 1.16 bits per heavy atom. The van der Waals surface area contributed by atoms with Crippen molar-refractivity contribution in [2.24, 2.45) is 0 Å². The molecule has 25 heavy (non-hydrogen) atoms. The monoisotopic (exact) mass is 368 g/mol. The van der Waals surface area contributed by atoms with Crippen LogP contribution in [-0.4, -0.2) is 28.9 Å². The Morgan fingerprint density at radius 2 is 1.96 bits per heavy atom. The van der Waals surface area contributed by atoms with Crippen LogP contribution in [0.1, 0.15) is 33.5 Å². The third-order valence-electron chi connectivity index (χ3n) is 4.62. The first-order valence-corrected chi connectivity index (χ1v) is 10.2. The number of aryl methyl sites for hydroxylation is 1. The van der Waals surface area contributed by atoms with Gasteiger partial charge in [0.25, 0.3) is 0 Å². The van der Waals surface area contributed by atoms with Gasteiger partial charge >= 0.3 is 0 Å². The largest absolute Gasteiger partial charge is 0.339 e. The molecule has 3 nitrogen and oxygen atoms in total. The van der Waals surface area contributed by atoms with Gasteiger partial charge in [-0.05, 0) is 50.1 Å². The summed E-state index contributed by atoms with van der Waals surface area (Å²) in [6, 6.07) is 12.4. The van der Waals surface area contributed by atoms with E-state index >= 15 is 0 Å². The van der Waals surface area contributed by atoms with Crippen molar-refractivity contribution in [3.8, 4) is 0 Å². The van der Waals surface area contributed by atoms with Crippen molar-refractivity contribution >= 4 is 44.9 Å². The lowest BCUT2D eigenvalue weighted by molar-refractivity contribution is -0.126. The summed E-state index contributed by atoms with van der Waals surface area (Å²) in [5, 5.41) is 1.22. The molecule has 0 bridgehead atoms. The highest BCUT2D eigenvalue weighted by atomic mass is 32.1. The number of likely N-dealkylation sites (tertiary alicyclic amines) is 1. The minimum absolute atomic E-state index is 0.119. The average molecular weight is 369 g/mol. The Labute approximate surface area is 155 Å². The van der Waals surface area contributed by atoms with Crippen molar-refractivity contribution in [2.45, 2.75) is 25.7 Å². The number of amides is 1. The molecule has 0 atom stereocenters. The van der Waals surface area contributed by atoms with Crippen LogP contribution >= 0.6 is 22.7 Å². The lowest BCUT2D eigenvalue weighted by Gasteiger charge is -2.30. The second-order valence-electron chi connectivity index (χ2n) is 6.40. The Bertz CT molecular complexity index is 884. The van der Waals surface area contributed by atoms with Crippen molar-refractivity contribution in [3.05, 3.63) is 57.2 Å². The van der Waals surface area contributed by atoms with Crippen LogP contribution in [0.2, 0.25) is 0 Å². The van der Waals surface area contributed by atoms with Gasteiger partial charge in [0.2, 0.25) is 5.91 Å². The Hall–Kier alpha value is -1.98. The summed E-state index contributed by atoms with van der Waals surface area (Å²) in [5.74, 6) is 0.596. The average Bonchev–Trinajstić information content (AvgIpc) is 3.25. The number of nitrogens with zero attached hydrogens (tertiary/aromatic N) is 2. The lowest BCUT2D eigenvalue weighted by Crippen LogP contribution is -2.36. The molecule has 2 aromatic heterocycles. The molecule has 3 heterocycles. The van der Waals surface area contributed by atoms with Crippen molar-refractivity contribution < 1.29 is 4.79 Å². The quantitative estimate of drug-likeness (QED) is 0.604. The molecule has 0 radical (unpaired) electrons. The van der Waals surface area contributed by atoms with E-state index in [-0.39, 0.29) is 5.91 Å². The van der Waals surface area contributed by atoms with Gasteiger partial charge in [-0.1, -0.05) is 12.1 Å². The number of fused-ring (bicyclic) bond motifs is 1. The van der Waals surface area contributed by atoms with E-state index < -0.39 is 0 Å². The molecule has 0 spiro atoms. The Kier molecular flexibility index (Phi) is 4.68. The zero-order chi connectivity index (χ0) is 17.2. The van der Waals surface area contributed by atoms with Crippen LogP contribution in [-0.2, 0) is 4.79 Å². The number of para-hydroxylation sites is 1. The Morgan fingerprint density at radius 3 is 2.68 bits per heavy atom. The number of rotatable bonds is 3. The fraction of sp³-hybridized carbons (Fsp3) is 0.300. The van der Waals surface area contributed by atoms with E-state index in [1.807, 2.05) is 17.0 Å². The third kappa shape index (κ3) is 3.67. The van der Waals surface area contributed by atoms with E-state index in [0.717, 1.165) is 36.3 Å². The maximum Gasteiger partial charge on any atom is 0.246 e. The summed E-state index contributed by atoms with van der Waals surface area (Å²) < 4.78 is 1.25. The van der Waals surface area contributed by atoms with E-state index in [9.17, 15) is 4.79 Å². The molecule has 1 aromatic carbocycles. The standard InChI is InChI=1S/C20H20N2OS2/c1-14-6-7-16(24-14)8-9-19(23)22-12-10-15(11-13-22)20-21-17-4-2-3-5-18(17)25-20/h2-9,15H,10-13H2,1H3/b9-8+. The molecule has 3 aromatic rings. The van der Waals surface area contributed by atoms with Crippen molar-refractivity contribution in [1.29, 1.82) is 0 Å². The second-order valence-corrected chi connectivity index (χ2v) is 8.78. The number of benzene rings is 1. The summed E-state index contributed by atoms with van der Waals surface area (Å²) in [6.45, 7) is 3.71. The number of thiazole rings is 1. The van der Waals surface area contributed by atoms with Crippen LogP contribution in [0.25, 0.3) is 16.3 Å². The zero-order valence-electron chi connectivity index (χ0n) is 14.1. The number of carbonyl (C=O) groups excluding carboxylic acids is 1. The van der Waals surface area contributed by atoms with Gasteiger partial charge in [0.1, 0.15) is 0 Å². The molecule has 0 saturated carbocycles. The molecule has 0 aliphatic carbocycles. The Balaban J connectivity index is 1.37. The van der Waals surface area contributed by atoms with E-state index in [0.29, 0.717) is 5.92 Å². The van der Waals surface area contributed by atoms with E-state index in [1.54, 1.807) is 28.7 Å². The zero-order valence-corrected chi connectivity index (χ0v) is 15.8.